The van der Waals surface area contributed by atoms with Crippen LogP contribution < -0.4 is 4.74 Å². The molecule has 1 aliphatic carbocycles. The van der Waals surface area contributed by atoms with E-state index in [2.05, 4.69) is 115 Å². The summed E-state index contributed by atoms with van der Waals surface area (Å²) < 4.78 is 6.32. The average molecular weight is 578 g/mol. The first-order valence-electron chi connectivity index (χ1n) is 15.3. The van der Waals surface area contributed by atoms with E-state index in [0.29, 0.717) is 5.92 Å². The van der Waals surface area contributed by atoms with Gasteiger partial charge in [-0.2, -0.15) is 0 Å². The lowest BCUT2D eigenvalue weighted by Gasteiger charge is -2.22. The van der Waals surface area contributed by atoms with Gasteiger partial charge in [0.1, 0.15) is 11.5 Å². The van der Waals surface area contributed by atoms with E-state index in [0.717, 1.165) is 79.1 Å². The summed E-state index contributed by atoms with van der Waals surface area (Å²) in [5.74, 6) is 2.06. The van der Waals surface area contributed by atoms with Crippen molar-refractivity contribution in [3.63, 3.8) is 0 Å². The number of nitrogens with zero attached hydrogens (tertiary/aromatic N) is 3. The number of hydrogen-bond acceptors (Lipinski definition) is 4. The van der Waals surface area contributed by atoms with Gasteiger partial charge in [-0.1, -0.05) is 97.1 Å². The van der Waals surface area contributed by atoms with Gasteiger partial charge in [-0.3, -0.25) is 4.98 Å². The van der Waals surface area contributed by atoms with Gasteiger partial charge in [0.25, 0.3) is 0 Å². The highest BCUT2D eigenvalue weighted by Crippen LogP contribution is 2.48. The highest BCUT2D eigenvalue weighted by atomic mass is 16.5. The van der Waals surface area contributed by atoms with Crippen molar-refractivity contribution in [2.75, 3.05) is 0 Å². The lowest BCUT2D eigenvalue weighted by atomic mass is 9.90. The molecular weight excluding hydrogens is 550 g/mol. The fraction of sp³-hybridized carbons (Fsp3) is 0.0488. The summed E-state index contributed by atoms with van der Waals surface area (Å²) in [4.78, 5) is 15.2. The van der Waals surface area contributed by atoms with Crippen LogP contribution in [0, 0.1) is 0 Å². The molecule has 1 aliphatic heterocycles. The van der Waals surface area contributed by atoms with Crippen LogP contribution in [-0.4, -0.2) is 15.0 Å². The van der Waals surface area contributed by atoms with E-state index >= 15 is 0 Å². The number of allylic oxidation sites excluding steroid dienone is 4. The summed E-state index contributed by atoms with van der Waals surface area (Å²) in [5, 5.41) is 2.20. The zero-order valence-electron chi connectivity index (χ0n) is 24.4. The highest BCUT2D eigenvalue weighted by Gasteiger charge is 2.22. The Labute approximate surface area is 261 Å². The molecule has 45 heavy (non-hydrogen) atoms. The molecule has 3 heterocycles. The molecule has 212 valence electrons. The molecule has 0 fully saturated rings. The molecule has 0 bridgehead atoms. The molecule has 0 saturated heterocycles. The minimum absolute atomic E-state index is 0.315. The van der Waals surface area contributed by atoms with E-state index < -0.39 is 0 Å². The van der Waals surface area contributed by atoms with Gasteiger partial charge >= 0.3 is 0 Å². The van der Waals surface area contributed by atoms with Crippen molar-refractivity contribution in [2.45, 2.75) is 12.3 Å². The van der Waals surface area contributed by atoms with Gasteiger partial charge in [-0.15, -0.1) is 0 Å². The minimum atomic E-state index is 0.315. The molecule has 1 unspecified atom stereocenters. The summed E-state index contributed by atoms with van der Waals surface area (Å²) >= 11 is 0. The van der Waals surface area contributed by atoms with E-state index in [1.807, 2.05) is 30.5 Å². The third kappa shape index (κ3) is 4.42. The monoisotopic (exact) mass is 577 g/mol. The smallest absolute Gasteiger partial charge is 0.135 e. The molecule has 2 aliphatic rings. The molecule has 9 rings (SSSR count). The Morgan fingerprint density at radius 3 is 2.31 bits per heavy atom. The van der Waals surface area contributed by atoms with Crippen LogP contribution >= 0.6 is 0 Å². The fourth-order valence-corrected chi connectivity index (χ4v) is 6.60. The summed E-state index contributed by atoms with van der Waals surface area (Å²) in [6.45, 7) is 0. The summed E-state index contributed by atoms with van der Waals surface area (Å²) in [5.41, 5.74) is 11.1. The van der Waals surface area contributed by atoms with Crippen molar-refractivity contribution in [3.05, 3.63) is 151 Å². The molecule has 4 heteroatoms. The van der Waals surface area contributed by atoms with Gasteiger partial charge in [0, 0.05) is 33.6 Å². The second kappa shape index (κ2) is 10.4. The molecule has 5 aromatic carbocycles. The summed E-state index contributed by atoms with van der Waals surface area (Å²) in [7, 11) is 0. The van der Waals surface area contributed by atoms with Crippen molar-refractivity contribution < 1.29 is 4.74 Å². The second-order valence-corrected chi connectivity index (χ2v) is 11.6. The largest absolute Gasteiger partial charge is 0.456 e. The Bertz CT molecular complexity index is 2340. The molecule has 7 aromatic rings. The molecule has 0 saturated carbocycles. The van der Waals surface area contributed by atoms with Crippen LogP contribution in [0.25, 0.3) is 66.7 Å². The van der Waals surface area contributed by atoms with E-state index in [4.69, 9.17) is 19.7 Å². The zero-order chi connectivity index (χ0) is 29.7. The van der Waals surface area contributed by atoms with Gasteiger partial charge in [-0.05, 0) is 65.4 Å². The SMILES string of the molecule is C1=CCC(c2cc(-c3ccccc3)nc(-c3ccc4ncc(-c5ccc6c7c(cccc57)-c5ccccc5O6)nc4c3)c2)C=C1. The van der Waals surface area contributed by atoms with Crippen LogP contribution in [-0.2, 0) is 0 Å². The van der Waals surface area contributed by atoms with Gasteiger partial charge in [0.05, 0.1) is 34.3 Å². The minimum Gasteiger partial charge on any atom is -0.456 e. The molecule has 0 spiro atoms. The van der Waals surface area contributed by atoms with E-state index in [9.17, 15) is 0 Å². The maximum Gasteiger partial charge on any atom is 0.135 e. The normalized spacial score (nSPS) is 14.8. The van der Waals surface area contributed by atoms with Crippen LogP contribution in [0.15, 0.2) is 146 Å². The lowest BCUT2D eigenvalue weighted by Crippen LogP contribution is -2.00. The maximum atomic E-state index is 6.32. The third-order valence-electron chi connectivity index (χ3n) is 8.84. The quantitative estimate of drug-likeness (QED) is 0.209. The Morgan fingerprint density at radius 2 is 1.42 bits per heavy atom. The van der Waals surface area contributed by atoms with Crippen LogP contribution in [0.3, 0.4) is 0 Å². The summed E-state index contributed by atoms with van der Waals surface area (Å²) in [6.07, 6.45) is 11.6. The molecule has 4 nitrogen and oxygen atoms in total. The molecule has 2 aromatic heterocycles. The average Bonchev–Trinajstić information content (AvgIpc) is 3.12. The number of pyridine rings is 1. The number of para-hydroxylation sites is 1. The molecular formula is C41H27N3O. The first-order valence-corrected chi connectivity index (χ1v) is 15.3. The van der Waals surface area contributed by atoms with Crippen molar-refractivity contribution in [1.29, 1.82) is 0 Å². The van der Waals surface area contributed by atoms with Crippen LogP contribution in [0.4, 0.5) is 0 Å². The highest BCUT2D eigenvalue weighted by molar-refractivity contribution is 6.09. The van der Waals surface area contributed by atoms with Crippen molar-refractivity contribution >= 4 is 21.8 Å². The topological polar surface area (TPSA) is 47.9 Å². The molecule has 0 radical (unpaired) electrons. The number of rotatable bonds is 4. The predicted molar refractivity (Wildman–Crippen MR) is 182 cm³/mol. The van der Waals surface area contributed by atoms with Gasteiger partial charge < -0.3 is 4.74 Å². The molecule has 0 N–H and O–H groups in total. The Kier molecular flexibility index (Phi) is 5.91. The second-order valence-electron chi connectivity index (χ2n) is 11.6. The van der Waals surface area contributed by atoms with Crippen LogP contribution in [0.2, 0.25) is 0 Å². The molecule has 0 amide bonds. The summed E-state index contributed by atoms with van der Waals surface area (Å²) in [6, 6.07) is 39.9. The van der Waals surface area contributed by atoms with Crippen molar-refractivity contribution in [3.8, 4) is 56.4 Å². The maximum absolute atomic E-state index is 6.32. The first-order chi connectivity index (χ1) is 22.3. The third-order valence-corrected chi connectivity index (χ3v) is 8.84. The predicted octanol–water partition coefficient (Wildman–Crippen LogP) is 10.6. The van der Waals surface area contributed by atoms with E-state index in [1.165, 1.54) is 11.1 Å². The van der Waals surface area contributed by atoms with Gasteiger partial charge in [0.2, 0.25) is 0 Å². The van der Waals surface area contributed by atoms with E-state index in [1.54, 1.807) is 0 Å². The fourth-order valence-electron chi connectivity index (χ4n) is 6.60. The standard InChI is InChI=1S/C41H27N3O/c1-3-10-26(11-4-1)29-23-35(27-12-5-2-6-13-27)43-36(24-29)28-18-20-34-37(22-28)44-38(25-42-34)30-19-21-40-41-32(30)15-9-16-33(41)31-14-7-8-17-39(31)45-40/h1-10,12-26H,11H2. The number of hydrogen-bond donors (Lipinski definition) is 0. The Morgan fingerprint density at radius 1 is 0.578 bits per heavy atom. The number of ether oxygens (including phenoxy) is 1. The van der Waals surface area contributed by atoms with Crippen molar-refractivity contribution in [1.82, 2.24) is 15.0 Å². The molecule has 1 atom stereocenters. The number of benzene rings is 5. The van der Waals surface area contributed by atoms with Gasteiger partial charge in [0.15, 0.2) is 0 Å². The Hall–Kier alpha value is -5.87. The number of fused-ring (bicyclic) bond motifs is 3. The first kappa shape index (κ1) is 25.6. The number of aromatic nitrogens is 3. The Balaban J connectivity index is 1.17. The van der Waals surface area contributed by atoms with Crippen LogP contribution in [0.5, 0.6) is 11.5 Å². The van der Waals surface area contributed by atoms with Crippen LogP contribution in [0.1, 0.15) is 17.9 Å². The lowest BCUT2D eigenvalue weighted by molar-refractivity contribution is 0.487. The van der Waals surface area contributed by atoms with Crippen molar-refractivity contribution in [2.24, 2.45) is 0 Å². The van der Waals surface area contributed by atoms with Gasteiger partial charge in [-0.25, -0.2) is 9.97 Å². The zero-order valence-corrected chi connectivity index (χ0v) is 24.4. The van der Waals surface area contributed by atoms with E-state index in [-0.39, 0.29) is 0 Å².